The molecule has 1 aromatic carbocycles. The minimum Gasteiger partial charge on any atom is -0.449 e. The van der Waals surface area contributed by atoms with E-state index in [1.807, 2.05) is 31.2 Å². The number of aromatic nitrogens is 4. The van der Waals surface area contributed by atoms with Crippen molar-refractivity contribution in [2.24, 2.45) is 0 Å². The second-order valence-corrected chi connectivity index (χ2v) is 7.18. The largest absolute Gasteiger partial charge is 0.449 e. The normalized spacial score (nSPS) is 11.4. The zero-order valence-electron chi connectivity index (χ0n) is 12.7. The molecule has 0 saturated carbocycles. The number of aromatic amines is 1. The fourth-order valence-corrected chi connectivity index (χ4v) is 4.03. The molecule has 0 aliphatic rings. The number of rotatable bonds is 5. The third-order valence-electron chi connectivity index (χ3n) is 3.35. The van der Waals surface area contributed by atoms with Gasteiger partial charge in [0.05, 0.1) is 5.75 Å². The predicted octanol–water partition coefficient (Wildman–Crippen LogP) is 3.24. The molecule has 0 spiro atoms. The van der Waals surface area contributed by atoms with Crippen LogP contribution in [0.1, 0.15) is 12.7 Å². The highest BCUT2D eigenvalue weighted by atomic mass is 32.2. The van der Waals surface area contributed by atoms with Crippen molar-refractivity contribution in [1.29, 1.82) is 0 Å². The topological polar surface area (TPSA) is 96.7 Å². The average molecular weight is 359 g/mol. The molecule has 2 N–H and O–H groups in total. The highest BCUT2D eigenvalue weighted by molar-refractivity contribution is 8.00. The van der Waals surface area contributed by atoms with Gasteiger partial charge in [-0.25, -0.2) is 4.98 Å². The van der Waals surface area contributed by atoms with E-state index in [0.29, 0.717) is 22.7 Å². The summed E-state index contributed by atoms with van der Waals surface area (Å²) in [5.74, 6) is 1.09. The van der Waals surface area contributed by atoms with Gasteiger partial charge in [-0.3, -0.25) is 4.79 Å². The van der Waals surface area contributed by atoms with E-state index in [1.165, 1.54) is 23.1 Å². The molecule has 0 radical (unpaired) electrons. The summed E-state index contributed by atoms with van der Waals surface area (Å²) in [4.78, 5) is 19.6. The van der Waals surface area contributed by atoms with E-state index < -0.39 is 0 Å². The van der Waals surface area contributed by atoms with Gasteiger partial charge >= 0.3 is 0 Å². The molecule has 0 saturated heterocycles. The van der Waals surface area contributed by atoms with Crippen LogP contribution in [0.2, 0.25) is 0 Å². The van der Waals surface area contributed by atoms with Gasteiger partial charge in [-0.05, 0) is 19.1 Å². The molecule has 0 bridgehead atoms. The highest BCUT2D eigenvalue weighted by Gasteiger charge is 2.13. The van der Waals surface area contributed by atoms with Crippen molar-refractivity contribution in [2.45, 2.75) is 17.0 Å². The molecule has 24 heavy (non-hydrogen) atoms. The van der Waals surface area contributed by atoms with Crippen LogP contribution in [-0.2, 0) is 5.75 Å². The number of hydrogen-bond donors (Lipinski definition) is 2. The third-order valence-corrected chi connectivity index (χ3v) is 5.37. The molecule has 4 rings (SSSR count). The SMILES string of the molecule is CCNc1nnc(SCc2nc3c(oc4ccccc43)c(=O)[nH]2)s1. The minimum absolute atomic E-state index is 0.260. The quantitative estimate of drug-likeness (QED) is 0.528. The molecular weight excluding hydrogens is 346 g/mol. The van der Waals surface area contributed by atoms with Crippen LogP contribution in [0.15, 0.2) is 37.8 Å². The molecule has 4 aromatic rings. The van der Waals surface area contributed by atoms with Gasteiger partial charge in [0.15, 0.2) is 4.34 Å². The summed E-state index contributed by atoms with van der Waals surface area (Å²) in [5.41, 5.74) is 1.25. The lowest BCUT2D eigenvalue weighted by Gasteiger charge is -1.98. The summed E-state index contributed by atoms with van der Waals surface area (Å²) in [7, 11) is 0. The Kier molecular flexibility index (Phi) is 3.95. The molecule has 0 atom stereocenters. The van der Waals surface area contributed by atoms with Gasteiger partial charge < -0.3 is 14.7 Å². The van der Waals surface area contributed by atoms with Gasteiger partial charge in [-0.1, -0.05) is 35.2 Å². The molecule has 3 heterocycles. The van der Waals surface area contributed by atoms with Crippen molar-refractivity contribution in [2.75, 3.05) is 11.9 Å². The van der Waals surface area contributed by atoms with Crippen molar-refractivity contribution >= 4 is 50.3 Å². The maximum absolute atomic E-state index is 12.2. The van der Waals surface area contributed by atoms with Crippen molar-refractivity contribution in [3.8, 4) is 0 Å². The fourth-order valence-electron chi connectivity index (χ4n) is 2.34. The Morgan fingerprint density at radius 3 is 3.08 bits per heavy atom. The average Bonchev–Trinajstić information content (AvgIpc) is 3.18. The summed E-state index contributed by atoms with van der Waals surface area (Å²) < 4.78 is 6.41. The molecule has 0 aliphatic heterocycles. The van der Waals surface area contributed by atoms with Gasteiger partial charge in [0.25, 0.3) is 5.56 Å². The number of nitrogens with zero attached hydrogens (tertiary/aromatic N) is 3. The molecule has 0 fully saturated rings. The molecule has 3 aromatic heterocycles. The number of benzene rings is 1. The third kappa shape index (κ3) is 2.76. The number of hydrogen-bond acceptors (Lipinski definition) is 8. The maximum Gasteiger partial charge on any atom is 0.294 e. The Bertz CT molecular complexity index is 1070. The number of H-pyrrole nitrogens is 1. The van der Waals surface area contributed by atoms with Gasteiger partial charge in [-0.2, -0.15) is 0 Å². The zero-order chi connectivity index (χ0) is 16.5. The van der Waals surface area contributed by atoms with Crippen molar-refractivity contribution in [3.63, 3.8) is 0 Å². The number of nitrogens with one attached hydrogen (secondary N) is 2. The van der Waals surface area contributed by atoms with Crippen LogP contribution in [0, 0.1) is 0 Å². The Hall–Kier alpha value is -2.39. The van der Waals surface area contributed by atoms with Crippen LogP contribution in [0.3, 0.4) is 0 Å². The Balaban J connectivity index is 1.64. The number of thioether (sulfide) groups is 1. The highest BCUT2D eigenvalue weighted by Crippen LogP contribution is 2.28. The van der Waals surface area contributed by atoms with Crippen molar-refractivity contribution < 1.29 is 4.42 Å². The summed E-state index contributed by atoms with van der Waals surface area (Å²) in [5, 5.41) is 12.9. The molecular formula is C15H13N5O2S2. The smallest absolute Gasteiger partial charge is 0.294 e. The van der Waals surface area contributed by atoms with E-state index >= 15 is 0 Å². The molecule has 122 valence electrons. The van der Waals surface area contributed by atoms with Crippen molar-refractivity contribution in [1.82, 2.24) is 20.2 Å². The number of anilines is 1. The van der Waals surface area contributed by atoms with Crippen LogP contribution < -0.4 is 10.9 Å². The van der Waals surface area contributed by atoms with Crippen LogP contribution in [0.25, 0.3) is 22.1 Å². The molecule has 9 heteroatoms. The Labute approximate surface area is 144 Å². The van der Waals surface area contributed by atoms with Crippen LogP contribution in [0.4, 0.5) is 5.13 Å². The monoisotopic (exact) mass is 359 g/mol. The lowest BCUT2D eigenvalue weighted by molar-refractivity contribution is 0.660. The standard InChI is InChI=1S/C15H13N5O2S2/c1-2-16-14-19-20-15(24-14)23-7-10-17-11-8-5-3-4-6-9(8)22-12(11)13(21)18-10/h3-6H,2,7H2,1H3,(H,16,19)(H,17,18,21). The van der Waals surface area contributed by atoms with E-state index in [9.17, 15) is 4.79 Å². The predicted molar refractivity (Wildman–Crippen MR) is 95.8 cm³/mol. The Morgan fingerprint density at radius 2 is 2.21 bits per heavy atom. The second kappa shape index (κ2) is 6.25. The molecule has 0 amide bonds. The van der Waals surface area contributed by atoms with E-state index in [0.717, 1.165) is 21.4 Å². The molecule has 0 aliphatic carbocycles. The van der Waals surface area contributed by atoms with Gasteiger partial charge in [-0.15, -0.1) is 10.2 Å². The number of furan rings is 1. The van der Waals surface area contributed by atoms with E-state index in [1.54, 1.807) is 0 Å². The molecule has 0 unspecified atom stereocenters. The number of fused-ring (bicyclic) bond motifs is 3. The van der Waals surface area contributed by atoms with Crippen LogP contribution >= 0.6 is 23.1 Å². The first-order valence-electron chi connectivity index (χ1n) is 7.35. The van der Waals surface area contributed by atoms with Gasteiger partial charge in [0.2, 0.25) is 10.7 Å². The van der Waals surface area contributed by atoms with Gasteiger partial charge in [0.1, 0.15) is 16.9 Å². The first kappa shape index (κ1) is 15.2. The minimum atomic E-state index is -0.266. The summed E-state index contributed by atoms with van der Waals surface area (Å²) in [6.45, 7) is 2.81. The fraction of sp³-hybridized carbons (Fsp3) is 0.200. The maximum atomic E-state index is 12.2. The molecule has 7 nitrogen and oxygen atoms in total. The summed E-state index contributed by atoms with van der Waals surface area (Å²) in [6, 6.07) is 7.50. The first-order chi connectivity index (χ1) is 11.7. The van der Waals surface area contributed by atoms with Crippen LogP contribution in [0.5, 0.6) is 0 Å². The van der Waals surface area contributed by atoms with Gasteiger partial charge in [0, 0.05) is 11.9 Å². The lowest BCUT2D eigenvalue weighted by atomic mass is 10.2. The van der Waals surface area contributed by atoms with Crippen LogP contribution in [-0.4, -0.2) is 26.7 Å². The lowest BCUT2D eigenvalue weighted by Crippen LogP contribution is -2.10. The summed E-state index contributed by atoms with van der Waals surface area (Å²) in [6.07, 6.45) is 0. The van der Waals surface area contributed by atoms with E-state index in [-0.39, 0.29) is 11.1 Å². The van der Waals surface area contributed by atoms with Crippen molar-refractivity contribution in [3.05, 3.63) is 40.4 Å². The first-order valence-corrected chi connectivity index (χ1v) is 9.15. The van der Waals surface area contributed by atoms with E-state index in [4.69, 9.17) is 4.42 Å². The number of para-hydroxylation sites is 1. The Morgan fingerprint density at radius 1 is 1.33 bits per heavy atom. The summed E-state index contributed by atoms with van der Waals surface area (Å²) >= 11 is 2.97. The second-order valence-electron chi connectivity index (χ2n) is 4.98. The zero-order valence-corrected chi connectivity index (χ0v) is 14.3. The van der Waals surface area contributed by atoms with E-state index in [2.05, 4.69) is 25.5 Å².